The second kappa shape index (κ2) is 7.17. The Morgan fingerprint density at radius 3 is 2.81 bits per heavy atom. The Kier molecular flexibility index (Phi) is 5.27. The molecule has 6 heteroatoms. The van der Waals surface area contributed by atoms with Crippen LogP contribution in [0, 0.1) is 5.82 Å². The molecule has 0 saturated carbocycles. The lowest BCUT2D eigenvalue weighted by Crippen LogP contribution is -2.31. The SMILES string of the molecule is CN(CCOc1ccccc1F)C(=O)c1cccnc1Br. The third-order valence-electron chi connectivity index (χ3n) is 2.86. The lowest BCUT2D eigenvalue weighted by Gasteiger charge is -2.18. The third kappa shape index (κ3) is 4.01. The first-order chi connectivity index (χ1) is 10.1. The summed E-state index contributed by atoms with van der Waals surface area (Å²) in [6.45, 7) is 0.551. The summed E-state index contributed by atoms with van der Waals surface area (Å²) < 4.78 is 19.2. The Hall–Kier alpha value is -1.95. The molecule has 0 aliphatic heterocycles. The van der Waals surface area contributed by atoms with Crippen molar-refractivity contribution < 1.29 is 13.9 Å². The topological polar surface area (TPSA) is 42.4 Å². The van der Waals surface area contributed by atoms with Gasteiger partial charge in [-0.25, -0.2) is 9.37 Å². The van der Waals surface area contributed by atoms with Gasteiger partial charge in [0.05, 0.1) is 12.1 Å². The molecule has 0 saturated heterocycles. The van der Waals surface area contributed by atoms with E-state index in [2.05, 4.69) is 20.9 Å². The highest BCUT2D eigenvalue weighted by molar-refractivity contribution is 9.10. The van der Waals surface area contributed by atoms with Crippen molar-refractivity contribution in [2.45, 2.75) is 0 Å². The number of nitrogens with zero attached hydrogens (tertiary/aromatic N) is 2. The molecule has 0 fully saturated rings. The summed E-state index contributed by atoms with van der Waals surface area (Å²) in [6, 6.07) is 9.55. The van der Waals surface area contributed by atoms with Crippen LogP contribution in [-0.4, -0.2) is 36.0 Å². The van der Waals surface area contributed by atoms with E-state index in [4.69, 9.17) is 4.74 Å². The number of rotatable bonds is 5. The molecule has 0 spiro atoms. The number of carbonyl (C=O) groups excluding carboxylic acids is 1. The van der Waals surface area contributed by atoms with Gasteiger partial charge in [-0.1, -0.05) is 12.1 Å². The number of carbonyl (C=O) groups is 1. The van der Waals surface area contributed by atoms with E-state index < -0.39 is 5.82 Å². The van der Waals surface area contributed by atoms with E-state index in [1.54, 1.807) is 43.6 Å². The zero-order chi connectivity index (χ0) is 15.2. The largest absolute Gasteiger partial charge is 0.489 e. The molecule has 4 nitrogen and oxygen atoms in total. The first kappa shape index (κ1) is 15.4. The maximum atomic E-state index is 13.4. The molecule has 0 unspecified atom stereocenters. The number of pyridine rings is 1. The van der Waals surface area contributed by atoms with Crippen molar-refractivity contribution in [3.05, 3.63) is 58.6 Å². The fraction of sp³-hybridized carbons (Fsp3) is 0.200. The van der Waals surface area contributed by atoms with Gasteiger partial charge in [0.15, 0.2) is 11.6 Å². The van der Waals surface area contributed by atoms with Gasteiger partial charge in [-0.05, 0) is 40.2 Å². The van der Waals surface area contributed by atoms with Crippen LogP contribution >= 0.6 is 15.9 Å². The quantitative estimate of drug-likeness (QED) is 0.776. The average Bonchev–Trinajstić information content (AvgIpc) is 2.49. The molecule has 2 aromatic rings. The zero-order valence-corrected chi connectivity index (χ0v) is 13.0. The van der Waals surface area contributed by atoms with E-state index in [1.165, 1.54) is 11.0 Å². The molecule has 0 bridgehead atoms. The standard InChI is InChI=1S/C15H14BrFN2O2/c1-19(15(20)11-5-4-8-18-14(11)16)9-10-21-13-7-3-2-6-12(13)17/h2-8H,9-10H2,1H3. The van der Waals surface area contributed by atoms with Gasteiger partial charge in [0.1, 0.15) is 11.2 Å². The van der Waals surface area contributed by atoms with Gasteiger partial charge in [-0.3, -0.25) is 4.79 Å². The highest BCUT2D eigenvalue weighted by Gasteiger charge is 2.15. The maximum Gasteiger partial charge on any atom is 0.256 e. The average molecular weight is 353 g/mol. The summed E-state index contributed by atoms with van der Waals surface area (Å²) >= 11 is 3.24. The van der Waals surface area contributed by atoms with Gasteiger partial charge in [0, 0.05) is 13.2 Å². The van der Waals surface area contributed by atoms with E-state index in [9.17, 15) is 9.18 Å². The van der Waals surface area contributed by atoms with Crippen molar-refractivity contribution >= 4 is 21.8 Å². The normalized spacial score (nSPS) is 10.2. The lowest BCUT2D eigenvalue weighted by atomic mass is 10.2. The zero-order valence-electron chi connectivity index (χ0n) is 11.4. The smallest absolute Gasteiger partial charge is 0.256 e. The van der Waals surface area contributed by atoms with Crippen molar-refractivity contribution in [2.75, 3.05) is 20.2 Å². The summed E-state index contributed by atoms with van der Waals surface area (Å²) in [5.41, 5.74) is 0.478. The second-order valence-electron chi connectivity index (χ2n) is 4.35. The van der Waals surface area contributed by atoms with E-state index >= 15 is 0 Å². The number of hydrogen-bond acceptors (Lipinski definition) is 3. The van der Waals surface area contributed by atoms with Gasteiger partial charge in [-0.15, -0.1) is 0 Å². The molecule has 0 atom stereocenters. The minimum Gasteiger partial charge on any atom is -0.489 e. The number of likely N-dealkylation sites (N-methyl/N-ethyl adjacent to an activating group) is 1. The van der Waals surface area contributed by atoms with E-state index in [0.717, 1.165) is 0 Å². The number of aromatic nitrogens is 1. The van der Waals surface area contributed by atoms with Crippen LogP contribution in [0.25, 0.3) is 0 Å². The Morgan fingerprint density at radius 2 is 2.10 bits per heavy atom. The predicted molar refractivity (Wildman–Crippen MR) is 80.8 cm³/mol. The van der Waals surface area contributed by atoms with Crippen molar-refractivity contribution in [2.24, 2.45) is 0 Å². The molecular weight excluding hydrogens is 339 g/mol. The minimum atomic E-state index is -0.415. The van der Waals surface area contributed by atoms with Crippen LogP contribution in [0.1, 0.15) is 10.4 Å². The van der Waals surface area contributed by atoms with Gasteiger partial charge in [0.25, 0.3) is 5.91 Å². The van der Waals surface area contributed by atoms with Crippen LogP contribution in [-0.2, 0) is 0 Å². The van der Waals surface area contributed by atoms with Crippen molar-refractivity contribution in [1.29, 1.82) is 0 Å². The van der Waals surface area contributed by atoms with Crippen molar-refractivity contribution in [3.8, 4) is 5.75 Å². The molecule has 0 aliphatic carbocycles. The fourth-order valence-corrected chi connectivity index (χ4v) is 2.13. The molecule has 1 aromatic carbocycles. The molecule has 21 heavy (non-hydrogen) atoms. The van der Waals surface area contributed by atoms with Gasteiger partial charge < -0.3 is 9.64 Å². The van der Waals surface area contributed by atoms with Crippen LogP contribution < -0.4 is 4.74 Å². The predicted octanol–water partition coefficient (Wildman–Crippen LogP) is 3.13. The Labute approximate surface area is 130 Å². The summed E-state index contributed by atoms with van der Waals surface area (Å²) in [5.74, 6) is -0.408. The number of hydrogen-bond donors (Lipinski definition) is 0. The van der Waals surface area contributed by atoms with E-state index in [0.29, 0.717) is 16.7 Å². The number of para-hydroxylation sites is 1. The first-order valence-corrected chi connectivity index (χ1v) is 7.12. The highest BCUT2D eigenvalue weighted by Crippen LogP contribution is 2.16. The van der Waals surface area contributed by atoms with Crippen LogP contribution in [0.15, 0.2) is 47.2 Å². The summed E-state index contributed by atoms with van der Waals surface area (Å²) in [4.78, 5) is 17.7. The van der Waals surface area contributed by atoms with Gasteiger partial charge in [-0.2, -0.15) is 0 Å². The molecule has 1 aromatic heterocycles. The summed E-state index contributed by atoms with van der Waals surface area (Å²) in [6.07, 6.45) is 1.60. The minimum absolute atomic E-state index is 0.174. The van der Waals surface area contributed by atoms with Crippen LogP contribution in [0.5, 0.6) is 5.75 Å². The monoisotopic (exact) mass is 352 g/mol. The Bertz CT molecular complexity index is 637. The third-order valence-corrected chi connectivity index (χ3v) is 3.49. The lowest BCUT2D eigenvalue weighted by molar-refractivity contribution is 0.0771. The summed E-state index contributed by atoms with van der Waals surface area (Å²) in [5, 5.41) is 0. The molecule has 1 heterocycles. The molecule has 0 aliphatic rings. The maximum absolute atomic E-state index is 13.4. The first-order valence-electron chi connectivity index (χ1n) is 6.33. The second-order valence-corrected chi connectivity index (χ2v) is 5.10. The number of amides is 1. The molecule has 110 valence electrons. The Morgan fingerprint density at radius 1 is 1.33 bits per heavy atom. The molecule has 0 N–H and O–H groups in total. The van der Waals surface area contributed by atoms with Crippen molar-refractivity contribution in [1.82, 2.24) is 9.88 Å². The van der Waals surface area contributed by atoms with Crippen LogP contribution in [0.3, 0.4) is 0 Å². The fourth-order valence-electron chi connectivity index (χ4n) is 1.71. The summed E-state index contributed by atoms with van der Waals surface area (Å²) in [7, 11) is 1.66. The number of benzene rings is 1. The highest BCUT2D eigenvalue weighted by atomic mass is 79.9. The van der Waals surface area contributed by atoms with Crippen LogP contribution in [0.4, 0.5) is 4.39 Å². The number of halogens is 2. The molecule has 0 radical (unpaired) electrons. The van der Waals surface area contributed by atoms with Gasteiger partial charge in [0.2, 0.25) is 0 Å². The molecule has 2 rings (SSSR count). The van der Waals surface area contributed by atoms with Crippen LogP contribution in [0.2, 0.25) is 0 Å². The molecule has 1 amide bonds. The van der Waals surface area contributed by atoms with E-state index in [-0.39, 0.29) is 18.3 Å². The van der Waals surface area contributed by atoms with E-state index in [1.807, 2.05) is 0 Å². The van der Waals surface area contributed by atoms with Gasteiger partial charge >= 0.3 is 0 Å². The molecular formula is C15H14BrFN2O2. The van der Waals surface area contributed by atoms with Crippen molar-refractivity contribution in [3.63, 3.8) is 0 Å². The Balaban J connectivity index is 1.90. The number of ether oxygens (including phenoxy) is 1.